The third-order valence-electron chi connectivity index (χ3n) is 2.16. The van der Waals surface area contributed by atoms with Crippen LogP contribution in [0.5, 0.6) is 0 Å². The van der Waals surface area contributed by atoms with E-state index in [0.717, 1.165) is 25.1 Å². The Labute approximate surface area is 96.0 Å². The first-order valence-corrected chi connectivity index (χ1v) is 5.64. The van der Waals surface area contributed by atoms with Crippen LogP contribution < -0.4 is 5.32 Å². The van der Waals surface area contributed by atoms with E-state index in [-0.39, 0.29) is 5.97 Å². The van der Waals surface area contributed by atoms with Gasteiger partial charge in [0.25, 0.3) is 0 Å². The van der Waals surface area contributed by atoms with Crippen molar-refractivity contribution in [3.8, 4) is 0 Å². The van der Waals surface area contributed by atoms with Crippen molar-refractivity contribution in [1.82, 2.24) is 4.98 Å². The molecule has 0 radical (unpaired) electrons. The maximum atomic E-state index is 11.6. The number of aromatic nitrogens is 1. The topological polar surface area (TPSA) is 51.2 Å². The number of carbonyl (C=O) groups excluding carboxylic acids is 1. The molecule has 0 aliphatic heterocycles. The summed E-state index contributed by atoms with van der Waals surface area (Å²) in [6.45, 7) is 5.15. The van der Waals surface area contributed by atoms with Crippen molar-refractivity contribution < 1.29 is 9.53 Å². The summed E-state index contributed by atoms with van der Waals surface area (Å²) in [5.41, 5.74) is 1.29. The molecule has 88 valence electrons. The quantitative estimate of drug-likeness (QED) is 0.593. The van der Waals surface area contributed by atoms with Crippen molar-refractivity contribution in [1.29, 1.82) is 0 Å². The third kappa shape index (κ3) is 3.53. The molecule has 0 fully saturated rings. The zero-order chi connectivity index (χ0) is 11.8. The van der Waals surface area contributed by atoms with Gasteiger partial charge >= 0.3 is 5.97 Å². The number of hydrogen-bond acceptors (Lipinski definition) is 4. The highest BCUT2D eigenvalue weighted by Crippen LogP contribution is 2.14. The van der Waals surface area contributed by atoms with Crippen molar-refractivity contribution in [2.75, 3.05) is 18.5 Å². The van der Waals surface area contributed by atoms with E-state index in [1.54, 1.807) is 19.2 Å². The zero-order valence-corrected chi connectivity index (χ0v) is 9.82. The second-order valence-corrected chi connectivity index (χ2v) is 3.42. The van der Waals surface area contributed by atoms with E-state index >= 15 is 0 Å². The molecular formula is C12H18N2O2. The summed E-state index contributed by atoms with van der Waals surface area (Å²) in [6.07, 6.45) is 5.39. The van der Waals surface area contributed by atoms with Gasteiger partial charge in [0.05, 0.1) is 12.3 Å². The van der Waals surface area contributed by atoms with Crippen LogP contribution >= 0.6 is 0 Å². The summed E-state index contributed by atoms with van der Waals surface area (Å²) in [4.78, 5) is 15.5. The second kappa shape index (κ2) is 6.82. The lowest BCUT2D eigenvalue weighted by Crippen LogP contribution is -2.11. The molecule has 0 amide bonds. The van der Waals surface area contributed by atoms with Gasteiger partial charge in [-0.05, 0) is 19.4 Å². The number of ether oxygens (including phenoxy) is 1. The number of esters is 1. The van der Waals surface area contributed by atoms with Crippen LogP contribution in [-0.4, -0.2) is 24.1 Å². The normalized spacial score (nSPS) is 9.88. The number of pyridine rings is 1. The van der Waals surface area contributed by atoms with Gasteiger partial charge in [0, 0.05) is 18.9 Å². The summed E-state index contributed by atoms with van der Waals surface area (Å²) in [5, 5.41) is 3.21. The Kier molecular flexibility index (Phi) is 5.32. The molecule has 0 spiro atoms. The Balaban J connectivity index is 2.71. The van der Waals surface area contributed by atoms with Crippen molar-refractivity contribution in [2.45, 2.75) is 26.7 Å². The van der Waals surface area contributed by atoms with E-state index in [2.05, 4.69) is 17.2 Å². The summed E-state index contributed by atoms with van der Waals surface area (Å²) in [6, 6.07) is 1.79. The summed E-state index contributed by atoms with van der Waals surface area (Å²) in [5.74, 6) is -0.324. The van der Waals surface area contributed by atoms with Crippen LogP contribution in [0.1, 0.15) is 37.0 Å². The Bertz CT molecular complexity index is 340. The molecule has 4 heteroatoms. The predicted molar refractivity (Wildman–Crippen MR) is 63.6 cm³/mol. The highest BCUT2D eigenvalue weighted by Gasteiger charge is 2.11. The fourth-order valence-electron chi connectivity index (χ4n) is 1.32. The number of anilines is 1. The van der Waals surface area contributed by atoms with Crippen LogP contribution in [0, 0.1) is 0 Å². The minimum Gasteiger partial charge on any atom is -0.462 e. The number of rotatable bonds is 6. The molecule has 0 saturated heterocycles. The van der Waals surface area contributed by atoms with Gasteiger partial charge in [-0.1, -0.05) is 13.3 Å². The van der Waals surface area contributed by atoms with Gasteiger partial charge in [-0.3, -0.25) is 4.98 Å². The lowest BCUT2D eigenvalue weighted by atomic mass is 10.2. The molecule has 1 rings (SSSR count). The average Bonchev–Trinajstić information content (AvgIpc) is 2.30. The Morgan fingerprint density at radius 2 is 2.31 bits per heavy atom. The minimum absolute atomic E-state index is 0.324. The number of unbranched alkanes of at least 4 members (excludes halogenated alkanes) is 1. The molecule has 1 N–H and O–H groups in total. The molecule has 0 atom stereocenters. The van der Waals surface area contributed by atoms with E-state index < -0.39 is 0 Å². The highest BCUT2D eigenvalue weighted by molar-refractivity contribution is 5.95. The van der Waals surface area contributed by atoms with E-state index in [1.807, 2.05) is 0 Å². The van der Waals surface area contributed by atoms with Gasteiger partial charge in [-0.25, -0.2) is 4.79 Å². The highest BCUT2D eigenvalue weighted by atomic mass is 16.5. The van der Waals surface area contributed by atoms with Crippen LogP contribution in [0.25, 0.3) is 0 Å². The van der Waals surface area contributed by atoms with Crippen molar-refractivity contribution in [2.24, 2.45) is 0 Å². The first kappa shape index (κ1) is 12.5. The van der Waals surface area contributed by atoms with Gasteiger partial charge in [0.15, 0.2) is 0 Å². The molecular weight excluding hydrogens is 204 g/mol. The van der Waals surface area contributed by atoms with Crippen molar-refractivity contribution >= 4 is 11.7 Å². The second-order valence-electron chi connectivity index (χ2n) is 3.42. The summed E-state index contributed by atoms with van der Waals surface area (Å²) in [7, 11) is 0. The molecule has 16 heavy (non-hydrogen) atoms. The van der Waals surface area contributed by atoms with E-state index in [1.165, 1.54) is 6.20 Å². The molecule has 0 saturated carbocycles. The number of hydrogen-bond donors (Lipinski definition) is 1. The van der Waals surface area contributed by atoms with E-state index in [9.17, 15) is 4.79 Å². The third-order valence-corrected chi connectivity index (χ3v) is 2.16. The van der Waals surface area contributed by atoms with Gasteiger partial charge in [0.2, 0.25) is 0 Å². The maximum Gasteiger partial charge on any atom is 0.341 e. The Morgan fingerprint density at radius 1 is 1.50 bits per heavy atom. The lowest BCUT2D eigenvalue weighted by molar-refractivity contribution is 0.0527. The van der Waals surface area contributed by atoms with Crippen LogP contribution in [0.2, 0.25) is 0 Å². The van der Waals surface area contributed by atoms with Crippen LogP contribution in [0.15, 0.2) is 18.5 Å². The SMILES string of the molecule is CCCCNc1ccncc1C(=O)OCC. The molecule has 1 aromatic rings. The fourth-order valence-corrected chi connectivity index (χ4v) is 1.32. The van der Waals surface area contributed by atoms with Gasteiger partial charge in [-0.2, -0.15) is 0 Å². The van der Waals surface area contributed by atoms with Crippen LogP contribution in [0.3, 0.4) is 0 Å². The molecule has 0 aliphatic rings. The molecule has 1 aromatic heterocycles. The molecule has 0 aliphatic carbocycles. The van der Waals surface area contributed by atoms with Crippen molar-refractivity contribution in [3.05, 3.63) is 24.0 Å². The molecule has 0 unspecified atom stereocenters. The number of nitrogens with one attached hydrogen (secondary N) is 1. The summed E-state index contributed by atoms with van der Waals surface area (Å²) >= 11 is 0. The Morgan fingerprint density at radius 3 is 3.00 bits per heavy atom. The zero-order valence-electron chi connectivity index (χ0n) is 9.82. The van der Waals surface area contributed by atoms with Gasteiger partial charge in [-0.15, -0.1) is 0 Å². The lowest BCUT2D eigenvalue weighted by Gasteiger charge is -2.09. The van der Waals surface area contributed by atoms with Crippen LogP contribution in [0.4, 0.5) is 5.69 Å². The first-order chi connectivity index (χ1) is 7.79. The standard InChI is InChI=1S/C12H18N2O2/c1-3-5-7-14-11-6-8-13-9-10(11)12(15)16-4-2/h6,8-9H,3-5,7H2,1-2H3,(H,13,14). The average molecular weight is 222 g/mol. The monoisotopic (exact) mass is 222 g/mol. The number of nitrogens with zero attached hydrogens (tertiary/aromatic N) is 1. The maximum absolute atomic E-state index is 11.6. The van der Waals surface area contributed by atoms with E-state index in [0.29, 0.717) is 12.2 Å². The minimum atomic E-state index is -0.324. The fraction of sp³-hybridized carbons (Fsp3) is 0.500. The Hall–Kier alpha value is -1.58. The van der Waals surface area contributed by atoms with Crippen molar-refractivity contribution in [3.63, 3.8) is 0 Å². The van der Waals surface area contributed by atoms with Gasteiger partial charge in [0.1, 0.15) is 5.56 Å². The smallest absolute Gasteiger partial charge is 0.341 e. The van der Waals surface area contributed by atoms with Gasteiger partial charge < -0.3 is 10.1 Å². The predicted octanol–water partition coefficient (Wildman–Crippen LogP) is 2.47. The molecule has 0 bridgehead atoms. The largest absolute Gasteiger partial charge is 0.462 e. The first-order valence-electron chi connectivity index (χ1n) is 5.64. The van der Waals surface area contributed by atoms with E-state index in [4.69, 9.17) is 4.74 Å². The summed E-state index contributed by atoms with van der Waals surface area (Å²) < 4.78 is 4.96. The number of carbonyl (C=O) groups is 1. The molecule has 0 aromatic carbocycles. The molecule has 1 heterocycles. The molecule has 4 nitrogen and oxygen atoms in total. The van der Waals surface area contributed by atoms with Crippen LogP contribution in [-0.2, 0) is 4.74 Å².